The summed E-state index contributed by atoms with van der Waals surface area (Å²) in [6, 6.07) is 10.3. The minimum absolute atomic E-state index is 0.251. The standard InChI is InChI=1S/C16H20O3/c1-12(8-6-7-11-14(17)18-2)15-16(19-15)13-9-4-3-5-10-13/h3-5,7,9-12,15-16H,6,8H2,1-2H3/b11-7+. The Balaban J connectivity index is 1.73. The van der Waals surface area contributed by atoms with Crippen LogP contribution in [0.4, 0.5) is 0 Å². The van der Waals surface area contributed by atoms with E-state index in [2.05, 4.69) is 23.8 Å². The van der Waals surface area contributed by atoms with E-state index in [0.29, 0.717) is 12.0 Å². The second-order valence-electron chi connectivity index (χ2n) is 4.91. The molecule has 102 valence electrons. The molecule has 0 radical (unpaired) electrons. The van der Waals surface area contributed by atoms with Crippen LogP contribution in [-0.4, -0.2) is 19.2 Å². The zero-order chi connectivity index (χ0) is 13.7. The van der Waals surface area contributed by atoms with Gasteiger partial charge in [-0.2, -0.15) is 0 Å². The summed E-state index contributed by atoms with van der Waals surface area (Å²) in [5, 5.41) is 0. The van der Waals surface area contributed by atoms with Gasteiger partial charge in [0.05, 0.1) is 13.2 Å². The first-order valence-electron chi connectivity index (χ1n) is 6.67. The molecule has 1 heterocycles. The number of rotatable bonds is 6. The Bertz CT molecular complexity index is 439. The van der Waals surface area contributed by atoms with Crippen molar-refractivity contribution in [3.63, 3.8) is 0 Å². The maximum absolute atomic E-state index is 10.9. The number of hydrogen-bond donors (Lipinski definition) is 0. The van der Waals surface area contributed by atoms with Crippen molar-refractivity contribution in [1.82, 2.24) is 0 Å². The van der Waals surface area contributed by atoms with E-state index in [4.69, 9.17) is 4.74 Å². The molecule has 0 aliphatic carbocycles. The molecule has 3 atom stereocenters. The first-order valence-corrected chi connectivity index (χ1v) is 6.67. The van der Waals surface area contributed by atoms with Crippen LogP contribution in [0.2, 0.25) is 0 Å². The first kappa shape index (κ1) is 13.8. The van der Waals surface area contributed by atoms with Gasteiger partial charge in [-0.05, 0) is 24.3 Å². The number of benzene rings is 1. The number of esters is 1. The SMILES string of the molecule is COC(=O)/C=C/CCC(C)C1OC1c1ccccc1. The van der Waals surface area contributed by atoms with Gasteiger partial charge in [-0.25, -0.2) is 4.79 Å². The molecule has 1 saturated heterocycles. The number of carbonyl (C=O) groups is 1. The molecule has 3 unspecified atom stereocenters. The van der Waals surface area contributed by atoms with Crippen LogP contribution in [0.5, 0.6) is 0 Å². The second kappa shape index (κ2) is 6.53. The molecule has 19 heavy (non-hydrogen) atoms. The van der Waals surface area contributed by atoms with E-state index < -0.39 is 0 Å². The summed E-state index contributed by atoms with van der Waals surface area (Å²) >= 11 is 0. The predicted octanol–water partition coefficient (Wildman–Crippen LogP) is 3.27. The van der Waals surface area contributed by atoms with Crippen molar-refractivity contribution in [2.24, 2.45) is 5.92 Å². The Hall–Kier alpha value is -1.61. The highest BCUT2D eigenvalue weighted by atomic mass is 16.6. The summed E-state index contributed by atoms with van der Waals surface area (Å²) in [4.78, 5) is 10.9. The topological polar surface area (TPSA) is 38.8 Å². The molecule has 2 rings (SSSR count). The smallest absolute Gasteiger partial charge is 0.330 e. The van der Waals surface area contributed by atoms with E-state index in [9.17, 15) is 4.79 Å². The molecule has 1 aromatic carbocycles. The molecule has 3 nitrogen and oxygen atoms in total. The Morgan fingerprint density at radius 3 is 2.84 bits per heavy atom. The third-order valence-electron chi connectivity index (χ3n) is 3.46. The molecule has 0 aromatic heterocycles. The van der Waals surface area contributed by atoms with Gasteiger partial charge < -0.3 is 9.47 Å². The quantitative estimate of drug-likeness (QED) is 0.447. The zero-order valence-electron chi connectivity index (χ0n) is 11.4. The summed E-state index contributed by atoms with van der Waals surface area (Å²) in [6.45, 7) is 2.19. The highest BCUT2D eigenvalue weighted by molar-refractivity contribution is 5.81. The fourth-order valence-corrected chi connectivity index (χ4v) is 2.24. The van der Waals surface area contributed by atoms with Gasteiger partial charge in [0.25, 0.3) is 0 Å². The van der Waals surface area contributed by atoms with Crippen LogP contribution < -0.4 is 0 Å². The number of methoxy groups -OCH3 is 1. The van der Waals surface area contributed by atoms with Crippen molar-refractivity contribution in [3.05, 3.63) is 48.0 Å². The number of carbonyl (C=O) groups excluding carboxylic acids is 1. The molecule has 0 N–H and O–H groups in total. The van der Waals surface area contributed by atoms with Crippen LogP contribution in [-0.2, 0) is 14.3 Å². The zero-order valence-corrected chi connectivity index (χ0v) is 11.4. The average Bonchev–Trinajstić information content (AvgIpc) is 3.24. The van der Waals surface area contributed by atoms with Gasteiger partial charge in [-0.3, -0.25) is 0 Å². The molecule has 0 bridgehead atoms. The minimum atomic E-state index is -0.294. The third kappa shape index (κ3) is 3.93. The number of hydrogen-bond acceptors (Lipinski definition) is 3. The van der Waals surface area contributed by atoms with Crippen LogP contribution in [0.25, 0.3) is 0 Å². The largest absolute Gasteiger partial charge is 0.466 e. The lowest BCUT2D eigenvalue weighted by Gasteiger charge is -2.05. The van der Waals surface area contributed by atoms with Gasteiger partial charge in [0.15, 0.2) is 0 Å². The molecule has 1 aromatic rings. The number of ether oxygens (including phenoxy) is 2. The summed E-state index contributed by atoms with van der Waals surface area (Å²) in [6.07, 6.45) is 5.80. The van der Waals surface area contributed by atoms with E-state index in [1.165, 1.54) is 18.7 Å². The summed E-state index contributed by atoms with van der Waals surface area (Å²) in [5.74, 6) is 0.199. The lowest BCUT2D eigenvalue weighted by molar-refractivity contribution is -0.134. The third-order valence-corrected chi connectivity index (χ3v) is 3.46. The van der Waals surface area contributed by atoms with Gasteiger partial charge in [0.1, 0.15) is 6.10 Å². The fourth-order valence-electron chi connectivity index (χ4n) is 2.24. The van der Waals surface area contributed by atoms with E-state index in [1.54, 1.807) is 0 Å². The summed E-state index contributed by atoms with van der Waals surface area (Å²) in [7, 11) is 1.39. The predicted molar refractivity (Wildman–Crippen MR) is 73.6 cm³/mol. The normalized spacial score (nSPS) is 23.3. The number of allylic oxidation sites excluding steroid dienone is 1. The maximum atomic E-state index is 10.9. The Morgan fingerprint density at radius 2 is 2.16 bits per heavy atom. The number of epoxide rings is 1. The van der Waals surface area contributed by atoms with E-state index in [-0.39, 0.29) is 12.1 Å². The summed E-state index contributed by atoms with van der Waals surface area (Å²) < 4.78 is 10.3. The lowest BCUT2D eigenvalue weighted by atomic mass is 9.97. The molecule has 1 aliphatic heterocycles. The van der Waals surface area contributed by atoms with Crippen molar-refractivity contribution in [3.8, 4) is 0 Å². The van der Waals surface area contributed by atoms with E-state index in [0.717, 1.165) is 12.8 Å². The fraction of sp³-hybridized carbons (Fsp3) is 0.438. The van der Waals surface area contributed by atoms with Crippen molar-refractivity contribution in [2.75, 3.05) is 7.11 Å². The second-order valence-corrected chi connectivity index (χ2v) is 4.91. The Morgan fingerprint density at radius 1 is 1.42 bits per heavy atom. The van der Waals surface area contributed by atoms with Crippen LogP contribution in [0.3, 0.4) is 0 Å². The molecule has 0 spiro atoms. The van der Waals surface area contributed by atoms with E-state index in [1.807, 2.05) is 24.3 Å². The molecular formula is C16H20O3. The van der Waals surface area contributed by atoms with Gasteiger partial charge >= 0.3 is 5.97 Å². The lowest BCUT2D eigenvalue weighted by Crippen LogP contribution is -2.04. The maximum Gasteiger partial charge on any atom is 0.330 e. The van der Waals surface area contributed by atoms with Crippen molar-refractivity contribution in [1.29, 1.82) is 0 Å². The first-order chi connectivity index (χ1) is 9.22. The van der Waals surface area contributed by atoms with Crippen molar-refractivity contribution >= 4 is 5.97 Å². The summed E-state index contributed by atoms with van der Waals surface area (Å²) in [5.41, 5.74) is 1.25. The minimum Gasteiger partial charge on any atom is -0.466 e. The van der Waals surface area contributed by atoms with E-state index >= 15 is 0 Å². The van der Waals surface area contributed by atoms with Gasteiger partial charge in [0, 0.05) is 6.08 Å². The molecule has 0 saturated carbocycles. The molecular weight excluding hydrogens is 240 g/mol. The Labute approximate surface area is 114 Å². The van der Waals surface area contributed by atoms with Gasteiger partial charge in [-0.15, -0.1) is 0 Å². The van der Waals surface area contributed by atoms with Crippen molar-refractivity contribution < 1.29 is 14.3 Å². The average molecular weight is 260 g/mol. The molecule has 1 fully saturated rings. The van der Waals surface area contributed by atoms with Crippen molar-refractivity contribution in [2.45, 2.75) is 32.0 Å². The molecule has 3 heteroatoms. The molecule has 1 aliphatic rings. The van der Waals surface area contributed by atoms with Crippen LogP contribution in [0, 0.1) is 5.92 Å². The highest BCUT2D eigenvalue weighted by Crippen LogP contribution is 2.44. The highest BCUT2D eigenvalue weighted by Gasteiger charge is 2.43. The monoisotopic (exact) mass is 260 g/mol. The van der Waals surface area contributed by atoms with Crippen LogP contribution in [0.1, 0.15) is 31.4 Å². The van der Waals surface area contributed by atoms with Crippen LogP contribution >= 0.6 is 0 Å². The molecule has 0 amide bonds. The van der Waals surface area contributed by atoms with Crippen LogP contribution in [0.15, 0.2) is 42.5 Å². The van der Waals surface area contributed by atoms with Gasteiger partial charge in [-0.1, -0.05) is 43.3 Å². The van der Waals surface area contributed by atoms with Gasteiger partial charge in [0.2, 0.25) is 0 Å². The Kier molecular flexibility index (Phi) is 4.74.